The van der Waals surface area contributed by atoms with Crippen molar-refractivity contribution in [2.45, 2.75) is 6.54 Å². The third-order valence-corrected chi connectivity index (χ3v) is 4.21. The standard InChI is InChI=1S/C21H16N4/c1-2-11-25-14-16(17-7-3-6-10-20(17)25)12-15(13-22)21-23-18-8-4-5-9-19(18)24-21/h2-10,12,14H,1,11H2,(H,23,24)/b15-12+. The van der Waals surface area contributed by atoms with Crippen LogP contribution in [0.5, 0.6) is 0 Å². The van der Waals surface area contributed by atoms with Gasteiger partial charge in [0.15, 0.2) is 0 Å². The Balaban J connectivity index is 1.87. The lowest BCUT2D eigenvalue weighted by Gasteiger charge is -1.98. The third-order valence-electron chi connectivity index (χ3n) is 4.21. The number of rotatable bonds is 4. The molecule has 4 nitrogen and oxygen atoms in total. The van der Waals surface area contributed by atoms with E-state index in [4.69, 9.17) is 0 Å². The van der Waals surface area contributed by atoms with E-state index in [0.717, 1.165) is 34.0 Å². The maximum atomic E-state index is 9.65. The van der Waals surface area contributed by atoms with Gasteiger partial charge in [0.25, 0.3) is 0 Å². The summed E-state index contributed by atoms with van der Waals surface area (Å²) in [7, 11) is 0. The predicted octanol–water partition coefficient (Wildman–Crippen LogP) is 4.77. The normalized spacial score (nSPS) is 11.7. The van der Waals surface area contributed by atoms with Gasteiger partial charge in [-0.05, 0) is 24.3 Å². The number of hydrogen-bond acceptors (Lipinski definition) is 2. The number of aromatic nitrogens is 3. The predicted molar refractivity (Wildman–Crippen MR) is 102 cm³/mol. The average Bonchev–Trinajstić information content (AvgIpc) is 3.22. The average molecular weight is 324 g/mol. The highest BCUT2D eigenvalue weighted by molar-refractivity contribution is 5.98. The van der Waals surface area contributed by atoms with E-state index in [-0.39, 0.29) is 0 Å². The molecule has 4 heteroatoms. The highest BCUT2D eigenvalue weighted by Gasteiger charge is 2.11. The summed E-state index contributed by atoms with van der Waals surface area (Å²) in [6.07, 6.45) is 5.80. The fraction of sp³-hybridized carbons (Fsp3) is 0.0476. The smallest absolute Gasteiger partial charge is 0.149 e. The number of H-pyrrole nitrogens is 1. The first-order valence-electron chi connectivity index (χ1n) is 8.06. The Bertz CT molecular complexity index is 1120. The lowest BCUT2D eigenvalue weighted by atomic mass is 10.1. The van der Waals surface area contributed by atoms with Crippen molar-refractivity contribution < 1.29 is 0 Å². The lowest BCUT2D eigenvalue weighted by Crippen LogP contribution is -1.91. The molecule has 1 N–H and O–H groups in total. The van der Waals surface area contributed by atoms with E-state index in [0.29, 0.717) is 11.4 Å². The molecule has 0 aliphatic carbocycles. The van der Waals surface area contributed by atoms with Crippen LogP contribution in [0.3, 0.4) is 0 Å². The summed E-state index contributed by atoms with van der Waals surface area (Å²) in [4.78, 5) is 7.76. The van der Waals surface area contributed by atoms with E-state index in [2.05, 4.69) is 39.3 Å². The van der Waals surface area contributed by atoms with E-state index in [9.17, 15) is 5.26 Å². The Labute approximate surface area is 145 Å². The van der Waals surface area contributed by atoms with Crippen molar-refractivity contribution in [3.8, 4) is 6.07 Å². The van der Waals surface area contributed by atoms with Crippen LogP contribution in [-0.2, 0) is 6.54 Å². The number of imidazole rings is 1. The van der Waals surface area contributed by atoms with Crippen molar-refractivity contribution in [1.82, 2.24) is 14.5 Å². The molecular weight excluding hydrogens is 308 g/mol. The highest BCUT2D eigenvalue weighted by Crippen LogP contribution is 2.26. The number of allylic oxidation sites excluding steroid dienone is 2. The topological polar surface area (TPSA) is 57.4 Å². The van der Waals surface area contributed by atoms with E-state index >= 15 is 0 Å². The molecule has 0 aliphatic heterocycles. The zero-order chi connectivity index (χ0) is 17.2. The Hall–Kier alpha value is -3.58. The SMILES string of the molecule is C=CCn1cc(/C=C(\C#N)c2nc3ccccc3[nH]2)c2ccccc21. The molecule has 25 heavy (non-hydrogen) atoms. The quantitative estimate of drug-likeness (QED) is 0.434. The minimum absolute atomic E-state index is 0.512. The first-order chi connectivity index (χ1) is 12.3. The second-order valence-corrected chi connectivity index (χ2v) is 5.82. The Morgan fingerprint density at radius 1 is 1.20 bits per heavy atom. The number of aromatic amines is 1. The molecule has 2 aromatic heterocycles. The monoisotopic (exact) mass is 324 g/mol. The van der Waals surface area contributed by atoms with Gasteiger partial charge >= 0.3 is 0 Å². The van der Waals surface area contributed by atoms with Crippen LogP contribution < -0.4 is 0 Å². The van der Waals surface area contributed by atoms with E-state index in [1.54, 1.807) is 0 Å². The Kier molecular flexibility index (Phi) is 3.68. The molecule has 120 valence electrons. The molecule has 0 fully saturated rings. The highest BCUT2D eigenvalue weighted by atomic mass is 15.0. The van der Waals surface area contributed by atoms with E-state index in [1.165, 1.54) is 0 Å². The summed E-state index contributed by atoms with van der Waals surface area (Å²) in [6.45, 7) is 4.54. The van der Waals surface area contributed by atoms with Crippen molar-refractivity contribution in [3.05, 3.63) is 78.8 Å². The zero-order valence-electron chi connectivity index (χ0n) is 13.6. The van der Waals surface area contributed by atoms with Crippen molar-refractivity contribution >= 4 is 33.6 Å². The van der Waals surface area contributed by atoms with Crippen LogP contribution in [-0.4, -0.2) is 14.5 Å². The molecular formula is C21H16N4. The first-order valence-corrected chi connectivity index (χ1v) is 8.06. The fourth-order valence-corrected chi connectivity index (χ4v) is 3.07. The van der Waals surface area contributed by atoms with Crippen molar-refractivity contribution in [2.24, 2.45) is 0 Å². The van der Waals surface area contributed by atoms with Gasteiger partial charge in [-0.3, -0.25) is 0 Å². The van der Waals surface area contributed by atoms with Gasteiger partial charge in [-0.25, -0.2) is 4.98 Å². The van der Waals surface area contributed by atoms with Crippen molar-refractivity contribution in [3.63, 3.8) is 0 Å². The van der Waals surface area contributed by atoms with Gasteiger partial charge in [0.1, 0.15) is 11.9 Å². The number of fused-ring (bicyclic) bond motifs is 2. The van der Waals surface area contributed by atoms with Crippen LogP contribution in [0.1, 0.15) is 11.4 Å². The van der Waals surface area contributed by atoms with Gasteiger partial charge in [0.05, 0.1) is 16.6 Å². The third kappa shape index (κ3) is 2.62. The lowest BCUT2D eigenvalue weighted by molar-refractivity contribution is 0.865. The van der Waals surface area contributed by atoms with Crippen molar-refractivity contribution in [1.29, 1.82) is 5.26 Å². The fourth-order valence-electron chi connectivity index (χ4n) is 3.07. The second kappa shape index (κ2) is 6.14. The van der Waals surface area contributed by atoms with Gasteiger partial charge in [-0.1, -0.05) is 36.4 Å². The minimum atomic E-state index is 0.512. The molecule has 0 spiro atoms. The van der Waals surface area contributed by atoms with Gasteiger partial charge in [0, 0.05) is 29.2 Å². The molecule has 4 rings (SSSR count). The summed E-state index contributed by atoms with van der Waals surface area (Å²) in [6, 6.07) is 18.2. The molecule has 0 atom stereocenters. The molecule has 0 saturated heterocycles. The number of benzene rings is 2. The molecule has 2 aromatic carbocycles. The van der Waals surface area contributed by atoms with Gasteiger partial charge in [0.2, 0.25) is 0 Å². The molecule has 0 amide bonds. The summed E-state index contributed by atoms with van der Waals surface area (Å²) >= 11 is 0. The number of nitrogens with one attached hydrogen (secondary N) is 1. The maximum Gasteiger partial charge on any atom is 0.149 e. The number of para-hydroxylation sites is 3. The van der Waals surface area contributed by atoms with Crippen LogP contribution in [0.4, 0.5) is 0 Å². The molecule has 0 saturated carbocycles. The van der Waals surface area contributed by atoms with Gasteiger partial charge < -0.3 is 9.55 Å². The van der Waals surface area contributed by atoms with Gasteiger partial charge in [-0.15, -0.1) is 6.58 Å². The molecule has 4 aromatic rings. The summed E-state index contributed by atoms with van der Waals surface area (Å²) in [5.74, 6) is 0.587. The first kappa shape index (κ1) is 15.0. The van der Waals surface area contributed by atoms with Crippen LogP contribution in [0, 0.1) is 11.3 Å². The zero-order valence-corrected chi connectivity index (χ0v) is 13.6. The van der Waals surface area contributed by atoms with Crippen LogP contribution in [0.15, 0.2) is 67.4 Å². The molecule has 0 aliphatic rings. The Morgan fingerprint density at radius 2 is 2.00 bits per heavy atom. The number of nitriles is 1. The largest absolute Gasteiger partial charge is 0.343 e. The second-order valence-electron chi connectivity index (χ2n) is 5.82. The Morgan fingerprint density at radius 3 is 2.80 bits per heavy atom. The molecule has 0 bridgehead atoms. The van der Waals surface area contributed by atoms with Gasteiger partial charge in [-0.2, -0.15) is 5.26 Å². The molecule has 0 radical (unpaired) electrons. The molecule has 2 heterocycles. The minimum Gasteiger partial charge on any atom is -0.343 e. The van der Waals surface area contributed by atoms with Crippen LogP contribution in [0.2, 0.25) is 0 Å². The van der Waals surface area contributed by atoms with Crippen LogP contribution in [0.25, 0.3) is 33.6 Å². The number of nitrogens with zero attached hydrogens (tertiary/aromatic N) is 3. The summed E-state index contributed by atoms with van der Waals surface area (Å²) in [5.41, 5.74) is 4.41. The van der Waals surface area contributed by atoms with E-state index in [1.807, 2.05) is 54.7 Å². The maximum absolute atomic E-state index is 9.65. The summed E-state index contributed by atoms with van der Waals surface area (Å²) < 4.78 is 2.13. The van der Waals surface area contributed by atoms with E-state index < -0.39 is 0 Å². The van der Waals surface area contributed by atoms with Crippen LogP contribution >= 0.6 is 0 Å². The number of hydrogen-bond donors (Lipinski definition) is 1. The van der Waals surface area contributed by atoms with Crippen molar-refractivity contribution in [2.75, 3.05) is 0 Å². The molecule has 0 unspecified atom stereocenters. The summed E-state index contributed by atoms with van der Waals surface area (Å²) in [5, 5.41) is 10.8.